The quantitative estimate of drug-likeness (QED) is 0.755. The molecule has 0 radical (unpaired) electrons. The van der Waals surface area contributed by atoms with Crippen molar-refractivity contribution in [2.45, 2.75) is 0 Å². The average Bonchev–Trinajstić information content (AvgIpc) is 3.04. The monoisotopic (exact) mass is 322 g/mol. The lowest BCUT2D eigenvalue weighted by molar-refractivity contribution is 0.102. The average molecular weight is 322 g/mol. The van der Waals surface area contributed by atoms with Gasteiger partial charge >= 0.3 is 0 Å². The van der Waals surface area contributed by atoms with Crippen molar-refractivity contribution in [1.29, 1.82) is 0 Å². The minimum absolute atomic E-state index is 0.182. The lowest BCUT2D eigenvalue weighted by atomic mass is 10.2. The van der Waals surface area contributed by atoms with Gasteiger partial charge in [0.1, 0.15) is 5.75 Å². The van der Waals surface area contributed by atoms with Gasteiger partial charge in [0.15, 0.2) is 0 Å². The SMILES string of the molecule is COc1ccc(Nc2ccc(NC(=O)c3cnn(C)c3)cc2)cc1. The summed E-state index contributed by atoms with van der Waals surface area (Å²) in [6.45, 7) is 0. The molecule has 6 heteroatoms. The Kier molecular flexibility index (Phi) is 4.47. The zero-order valence-electron chi connectivity index (χ0n) is 13.5. The van der Waals surface area contributed by atoms with E-state index < -0.39 is 0 Å². The first-order valence-corrected chi connectivity index (χ1v) is 7.45. The van der Waals surface area contributed by atoms with Gasteiger partial charge in [0.05, 0.1) is 18.9 Å². The minimum Gasteiger partial charge on any atom is -0.497 e. The molecule has 2 N–H and O–H groups in total. The number of hydrogen-bond donors (Lipinski definition) is 2. The molecular weight excluding hydrogens is 304 g/mol. The van der Waals surface area contributed by atoms with Crippen LogP contribution in [0, 0.1) is 0 Å². The van der Waals surface area contributed by atoms with Gasteiger partial charge in [0.25, 0.3) is 5.91 Å². The fourth-order valence-corrected chi connectivity index (χ4v) is 2.22. The van der Waals surface area contributed by atoms with Crippen molar-refractivity contribution in [3.8, 4) is 5.75 Å². The van der Waals surface area contributed by atoms with E-state index in [9.17, 15) is 4.79 Å². The Balaban J connectivity index is 1.63. The summed E-state index contributed by atoms with van der Waals surface area (Å²) < 4.78 is 6.73. The summed E-state index contributed by atoms with van der Waals surface area (Å²) in [4.78, 5) is 12.1. The maximum Gasteiger partial charge on any atom is 0.258 e. The van der Waals surface area contributed by atoms with Crippen LogP contribution < -0.4 is 15.4 Å². The largest absolute Gasteiger partial charge is 0.497 e. The fourth-order valence-electron chi connectivity index (χ4n) is 2.22. The maximum atomic E-state index is 12.1. The first-order valence-electron chi connectivity index (χ1n) is 7.45. The number of aromatic nitrogens is 2. The third-order valence-electron chi connectivity index (χ3n) is 3.49. The van der Waals surface area contributed by atoms with Crippen molar-refractivity contribution in [3.05, 3.63) is 66.5 Å². The van der Waals surface area contributed by atoms with Crippen molar-refractivity contribution in [2.75, 3.05) is 17.7 Å². The molecule has 0 aliphatic heterocycles. The Labute approximate surface area is 140 Å². The Morgan fingerprint density at radius 1 is 1.00 bits per heavy atom. The number of nitrogens with zero attached hydrogens (tertiary/aromatic N) is 2. The second-order valence-corrected chi connectivity index (χ2v) is 5.29. The molecule has 1 heterocycles. The summed E-state index contributed by atoms with van der Waals surface area (Å²) >= 11 is 0. The van der Waals surface area contributed by atoms with E-state index in [1.165, 1.54) is 6.20 Å². The molecule has 0 saturated heterocycles. The van der Waals surface area contributed by atoms with Gasteiger partial charge < -0.3 is 15.4 Å². The first kappa shape index (κ1) is 15.6. The van der Waals surface area contributed by atoms with Gasteiger partial charge in [0.2, 0.25) is 0 Å². The zero-order chi connectivity index (χ0) is 16.9. The highest BCUT2D eigenvalue weighted by atomic mass is 16.5. The molecule has 3 rings (SSSR count). The topological polar surface area (TPSA) is 68.2 Å². The van der Waals surface area contributed by atoms with Crippen molar-refractivity contribution < 1.29 is 9.53 Å². The third kappa shape index (κ3) is 3.73. The number of carbonyl (C=O) groups excluding carboxylic acids is 1. The Morgan fingerprint density at radius 3 is 2.12 bits per heavy atom. The van der Waals surface area contributed by atoms with Crippen molar-refractivity contribution in [2.24, 2.45) is 7.05 Å². The van der Waals surface area contributed by atoms with E-state index in [0.29, 0.717) is 5.56 Å². The van der Waals surface area contributed by atoms with Gasteiger partial charge in [-0.25, -0.2) is 0 Å². The summed E-state index contributed by atoms with van der Waals surface area (Å²) in [7, 11) is 3.41. The minimum atomic E-state index is -0.182. The maximum absolute atomic E-state index is 12.1. The molecule has 0 atom stereocenters. The molecule has 0 saturated carbocycles. The molecule has 1 aromatic heterocycles. The van der Waals surface area contributed by atoms with Crippen LogP contribution >= 0.6 is 0 Å². The van der Waals surface area contributed by atoms with E-state index in [4.69, 9.17) is 4.74 Å². The van der Waals surface area contributed by atoms with Crippen LogP contribution in [-0.4, -0.2) is 22.8 Å². The highest BCUT2D eigenvalue weighted by Crippen LogP contribution is 2.21. The standard InChI is InChI=1S/C18H18N4O2/c1-22-12-13(11-19-22)18(23)21-16-5-3-14(4-6-16)20-15-7-9-17(24-2)10-8-15/h3-12,20H,1-2H3,(H,21,23). The number of nitrogens with one attached hydrogen (secondary N) is 2. The van der Waals surface area contributed by atoms with Crippen LogP contribution in [0.1, 0.15) is 10.4 Å². The van der Waals surface area contributed by atoms with Crippen molar-refractivity contribution in [1.82, 2.24) is 9.78 Å². The summed E-state index contributed by atoms with van der Waals surface area (Å²) in [5.74, 6) is 0.632. The van der Waals surface area contributed by atoms with Crippen molar-refractivity contribution >= 4 is 23.0 Å². The summed E-state index contributed by atoms with van der Waals surface area (Å²) in [5.41, 5.74) is 3.14. The van der Waals surface area contributed by atoms with E-state index in [2.05, 4.69) is 15.7 Å². The third-order valence-corrected chi connectivity index (χ3v) is 3.49. The molecule has 24 heavy (non-hydrogen) atoms. The molecule has 0 unspecified atom stereocenters. The molecule has 0 aliphatic carbocycles. The van der Waals surface area contributed by atoms with Gasteiger partial charge in [-0.15, -0.1) is 0 Å². The van der Waals surface area contributed by atoms with Crippen LogP contribution in [0.5, 0.6) is 5.75 Å². The Hall–Kier alpha value is -3.28. The molecule has 0 aliphatic rings. The second kappa shape index (κ2) is 6.87. The molecule has 0 fully saturated rings. The van der Waals surface area contributed by atoms with Crippen LogP contribution in [0.3, 0.4) is 0 Å². The van der Waals surface area contributed by atoms with Gasteiger partial charge in [-0.1, -0.05) is 0 Å². The van der Waals surface area contributed by atoms with E-state index in [1.807, 2.05) is 48.5 Å². The van der Waals surface area contributed by atoms with Crippen LogP contribution in [0.25, 0.3) is 0 Å². The lowest BCUT2D eigenvalue weighted by Crippen LogP contribution is -2.10. The summed E-state index contributed by atoms with van der Waals surface area (Å²) in [6.07, 6.45) is 3.21. The predicted octanol–water partition coefficient (Wildman–Crippen LogP) is 3.42. The number of rotatable bonds is 5. The first-order chi connectivity index (χ1) is 11.6. The Bertz CT molecular complexity index is 823. The highest BCUT2D eigenvalue weighted by Gasteiger charge is 2.08. The van der Waals surface area contributed by atoms with E-state index in [-0.39, 0.29) is 5.91 Å². The zero-order valence-corrected chi connectivity index (χ0v) is 13.5. The van der Waals surface area contributed by atoms with Gasteiger partial charge in [-0.05, 0) is 48.5 Å². The molecule has 6 nitrogen and oxygen atoms in total. The summed E-state index contributed by atoms with van der Waals surface area (Å²) in [5, 5.41) is 10.1. The van der Waals surface area contributed by atoms with E-state index >= 15 is 0 Å². The molecule has 2 aromatic carbocycles. The van der Waals surface area contributed by atoms with E-state index in [1.54, 1.807) is 25.0 Å². The second-order valence-electron chi connectivity index (χ2n) is 5.29. The number of aryl methyl sites for hydroxylation is 1. The van der Waals surface area contributed by atoms with Crippen molar-refractivity contribution in [3.63, 3.8) is 0 Å². The number of carbonyl (C=O) groups is 1. The molecule has 0 spiro atoms. The number of anilines is 3. The van der Waals surface area contributed by atoms with Crippen LogP contribution in [0.15, 0.2) is 60.9 Å². The molecular formula is C18H18N4O2. The molecule has 1 amide bonds. The molecule has 3 aromatic rings. The number of ether oxygens (including phenoxy) is 1. The molecule has 0 bridgehead atoms. The van der Waals surface area contributed by atoms with Gasteiger partial charge in [-0.3, -0.25) is 9.48 Å². The normalized spacial score (nSPS) is 10.2. The number of methoxy groups -OCH3 is 1. The van der Waals surface area contributed by atoms with Crippen LogP contribution in [0.4, 0.5) is 17.1 Å². The van der Waals surface area contributed by atoms with Gasteiger partial charge in [-0.2, -0.15) is 5.10 Å². The smallest absolute Gasteiger partial charge is 0.258 e. The van der Waals surface area contributed by atoms with Gasteiger partial charge in [0, 0.05) is 30.3 Å². The fraction of sp³-hybridized carbons (Fsp3) is 0.111. The lowest BCUT2D eigenvalue weighted by Gasteiger charge is -2.09. The highest BCUT2D eigenvalue weighted by molar-refractivity contribution is 6.04. The van der Waals surface area contributed by atoms with Crippen LogP contribution in [0.2, 0.25) is 0 Å². The number of benzene rings is 2. The predicted molar refractivity (Wildman–Crippen MR) is 93.9 cm³/mol. The summed E-state index contributed by atoms with van der Waals surface area (Å²) in [6, 6.07) is 15.2. The Morgan fingerprint density at radius 2 is 1.58 bits per heavy atom. The van der Waals surface area contributed by atoms with E-state index in [0.717, 1.165) is 22.8 Å². The number of hydrogen-bond acceptors (Lipinski definition) is 4. The van der Waals surface area contributed by atoms with Crippen LogP contribution in [-0.2, 0) is 7.05 Å². The molecule has 122 valence electrons. The number of amides is 1.